The summed E-state index contributed by atoms with van der Waals surface area (Å²) in [7, 11) is 1.55. The first kappa shape index (κ1) is 17.9. The van der Waals surface area contributed by atoms with Crippen LogP contribution in [0.15, 0.2) is 47.0 Å². The van der Waals surface area contributed by atoms with Crippen LogP contribution in [0.2, 0.25) is 0 Å². The van der Waals surface area contributed by atoms with Gasteiger partial charge in [-0.2, -0.15) is 4.98 Å². The van der Waals surface area contributed by atoms with Crippen LogP contribution in [0.3, 0.4) is 0 Å². The lowest BCUT2D eigenvalue weighted by atomic mass is 10.2. The molecule has 0 spiro atoms. The number of nitrogens with zero attached hydrogens (tertiary/aromatic N) is 5. The number of ether oxygens (including phenoxy) is 1. The highest BCUT2D eigenvalue weighted by Gasteiger charge is 2.23. The molecule has 2 aromatic heterocycles. The second-order valence-corrected chi connectivity index (χ2v) is 6.06. The van der Waals surface area contributed by atoms with Gasteiger partial charge in [-0.15, -0.1) is 5.10 Å². The van der Waals surface area contributed by atoms with Crippen molar-refractivity contribution in [2.24, 2.45) is 0 Å². The van der Waals surface area contributed by atoms with E-state index in [1.54, 1.807) is 11.8 Å². The van der Waals surface area contributed by atoms with Gasteiger partial charge in [-0.3, -0.25) is 0 Å². The molecular formula is C19H15F2N5O2. The van der Waals surface area contributed by atoms with Crippen molar-refractivity contribution >= 4 is 0 Å². The molecule has 0 aliphatic rings. The number of hydrogen-bond acceptors (Lipinski definition) is 6. The molecule has 2 aromatic carbocycles. The number of aromatic nitrogens is 5. The van der Waals surface area contributed by atoms with Crippen LogP contribution < -0.4 is 0 Å². The fourth-order valence-corrected chi connectivity index (χ4v) is 2.83. The zero-order valence-corrected chi connectivity index (χ0v) is 15.1. The smallest absolute Gasteiger partial charge is 0.280 e. The minimum absolute atomic E-state index is 0.0127. The average Bonchev–Trinajstić information content (AvgIpc) is 3.30. The van der Waals surface area contributed by atoms with Crippen LogP contribution in [0, 0.1) is 18.6 Å². The quantitative estimate of drug-likeness (QED) is 0.523. The first-order chi connectivity index (χ1) is 13.6. The number of benzene rings is 2. The number of para-hydroxylation sites is 1. The molecule has 4 rings (SSSR count). The van der Waals surface area contributed by atoms with Crippen LogP contribution >= 0.6 is 0 Å². The van der Waals surface area contributed by atoms with Gasteiger partial charge < -0.3 is 9.26 Å². The van der Waals surface area contributed by atoms with E-state index in [0.717, 1.165) is 23.4 Å². The third-order valence-corrected chi connectivity index (χ3v) is 4.19. The van der Waals surface area contributed by atoms with Gasteiger partial charge in [-0.1, -0.05) is 28.6 Å². The Labute approximate surface area is 158 Å². The van der Waals surface area contributed by atoms with Crippen molar-refractivity contribution in [3.8, 4) is 28.7 Å². The summed E-state index contributed by atoms with van der Waals surface area (Å²) < 4.78 is 39.3. The molecule has 0 atom stereocenters. The van der Waals surface area contributed by atoms with Crippen molar-refractivity contribution in [2.75, 3.05) is 7.11 Å². The molecule has 0 aliphatic heterocycles. The molecule has 4 aromatic rings. The summed E-state index contributed by atoms with van der Waals surface area (Å²) in [6, 6.07) is 10.8. The van der Waals surface area contributed by atoms with Crippen LogP contribution in [0.1, 0.15) is 11.3 Å². The topological polar surface area (TPSA) is 78.9 Å². The Balaban J connectivity index is 1.78. The first-order valence-electron chi connectivity index (χ1n) is 8.37. The van der Waals surface area contributed by atoms with Crippen molar-refractivity contribution < 1.29 is 18.0 Å². The number of halogens is 2. The minimum Gasteiger partial charge on any atom is -0.378 e. The molecule has 0 fully saturated rings. The summed E-state index contributed by atoms with van der Waals surface area (Å²) in [6.45, 7) is 2.15. The van der Waals surface area contributed by atoms with Crippen LogP contribution in [-0.2, 0) is 11.3 Å². The number of rotatable bonds is 5. The first-order valence-corrected chi connectivity index (χ1v) is 8.37. The molecule has 0 unspecified atom stereocenters. The van der Waals surface area contributed by atoms with Crippen LogP contribution in [0.25, 0.3) is 28.7 Å². The van der Waals surface area contributed by atoms with Gasteiger partial charge in [0.1, 0.15) is 17.3 Å². The fraction of sp³-hybridized carbons (Fsp3) is 0.158. The van der Waals surface area contributed by atoms with Crippen LogP contribution in [0.5, 0.6) is 0 Å². The largest absolute Gasteiger partial charge is 0.378 e. The monoisotopic (exact) mass is 383 g/mol. The molecule has 9 heteroatoms. The number of hydrogen-bond donors (Lipinski definition) is 0. The molecule has 142 valence electrons. The van der Waals surface area contributed by atoms with Gasteiger partial charge in [0.05, 0.1) is 17.9 Å². The SMILES string of the molecule is COCc1c(-c2nc(-c3ccc(F)cc3F)no2)nnn1-c1ccccc1C. The van der Waals surface area contributed by atoms with Crippen molar-refractivity contribution in [3.05, 3.63) is 65.4 Å². The highest BCUT2D eigenvalue weighted by atomic mass is 19.1. The highest BCUT2D eigenvalue weighted by molar-refractivity contribution is 5.60. The highest BCUT2D eigenvalue weighted by Crippen LogP contribution is 2.27. The normalized spacial score (nSPS) is 11.1. The Morgan fingerprint density at radius 3 is 2.71 bits per heavy atom. The zero-order valence-electron chi connectivity index (χ0n) is 15.1. The van der Waals surface area contributed by atoms with Crippen molar-refractivity contribution in [1.29, 1.82) is 0 Å². The predicted molar refractivity (Wildman–Crippen MR) is 95.5 cm³/mol. The maximum absolute atomic E-state index is 14.0. The maximum atomic E-state index is 14.0. The summed E-state index contributed by atoms with van der Waals surface area (Å²) in [5, 5.41) is 12.1. The summed E-state index contributed by atoms with van der Waals surface area (Å²) >= 11 is 0. The molecule has 0 radical (unpaired) electrons. The Morgan fingerprint density at radius 2 is 1.96 bits per heavy atom. The Hall–Kier alpha value is -3.46. The third-order valence-electron chi connectivity index (χ3n) is 4.19. The maximum Gasteiger partial charge on any atom is 0.280 e. The van der Waals surface area contributed by atoms with E-state index in [1.165, 1.54) is 6.07 Å². The fourth-order valence-electron chi connectivity index (χ4n) is 2.83. The lowest BCUT2D eigenvalue weighted by Crippen LogP contribution is -2.05. The van der Waals surface area contributed by atoms with Crippen molar-refractivity contribution in [1.82, 2.24) is 25.1 Å². The third kappa shape index (κ3) is 3.16. The van der Waals surface area contributed by atoms with Gasteiger partial charge in [-0.25, -0.2) is 13.5 Å². The van der Waals surface area contributed by atoms with E-state index in [9.17, 15) is 8.78 Å². The molecule has 0 bridgehead atoms. The van der Waals surface area contributed by atoms with Gasteiger partial charge in [0.25, 0.3) is 5.89 Å². The Morgan fingerprint density at radius 1 is 1.14 bits per heavy atom. The van der Waals surface area contributed by atoms with E-state index in [2.05, 4.69) is 20.5 Å². The van der Waals surface area contributed by atoms with Gasteiger partial charge in [-0.05, 0) is 30.7 Å². The lowest BCUT2D eigenvalue weighted by Gasteiger charge is -2.08. The second-order valence-electron chi connectivity index (χ2n) is 6.06. The molecule has 0 saturated carbocycles. The summed E-state index contributed by atoms with van der Waals surface area (Å²) in [5.41, 5.74) is 2.78. The lowest BCUT2D eigenvalue weighted by molar-refractivity contribution is 0.179. The van der Waals surface area contributed by atoms with E-state index in [-0.39, 0.29) is 23.9 Å². The van der Waals surface area contributed by atoms with Crippen LogP contribution in [0.4, 0.5) is 8.78 Å². The minimum atomic E-state index is -0.784. The number of aryl methyl sites for hydroxylation is 1. The van der Waals surface area contributed by atoms with Gasteiger partial charge in [0.15, 0.2) is 5.69 Å². The molecule has 0 N–H and O–H groups in total. The summed E-state index contributed by atoms with van der Waals surface area (Å²) in [5.74, 6) is -1.42. The molecule has 0 amide bonds. The molecule has 0 saturated heterocycles. The molecule has 7 nitrogen and oxygen atoms in total. The molecular weight excluding hydrogens is 368 g/mol. The van der Waals surface area contributed by atoms with Crippen molar-refractivity contribution in [3.63, 3.8) is 0 Å². The van der Waals surface area contributed by atoms with Gasteiger partial charge in [0, 0.05) is 13.2 Å². The van der Waals surface area contributed by atoms with Crippen molar-refractivity contribution in [2.45, 2.75) is 13.5 Å². The van der Waals surface area contributed by atoms with Gasteiger partial charge in [0.2, 0.25) is 5.82 Å². The molecule has 28 heavy (non-hydrogen) atoms. The second kappa shape index (κ2) is 7.28. The number of methoxy groups -OCH3 is 1. The molecule has 2 heterocycles. The Kier molecular flexibility index (Phi) is 4.66. The Bertz CT molecular complexity index is 1140. The summed E-state index contributed by atoms with van der Waals surface area (Å²) in [6.07, 6.45) is 0. The van der Waals surface area contributed by atoms with Crippen LogP contribution in [-0.4, -0.2) is 32.2 Å². The predicted octanol–water partition coefficient (Wildman–Crippen LogP) is 3.72. The van der Waals surface area contributed by atoms with E-state index < -0.39 is 11.6 Å². The van der Waals surface area contributed by atoms with E-state index in [1.807, 2.05) is 31.2 Å². The zero-order chi connectivity index (χ0) is 19.7. The van der Waals surface area contributed by atoms with Gasteiger partial charge >= 0.3 is 0 Å². The average molecular weight is 383 g/mol. The standard InChI is InChI=1S/C19H15F2N5O2/c1-11-5-3-4-6-15(11)26-16(10-27-2)17(23-25-26)19-22-18(24-28-19)13-8-7-12(20)9-14(13)21/h3-9H,10H2,1-2H3. The van der Waals surface area contributed by atoms with E-state index in [4.69, 9.17) is 9.26 Å². The van der Waals surface area contributed by atoms with E-state index in [0.29, 0.717) is 11.4 Å². The summed E-state index contributed by atoms with van der Waals surface area (Å²) in [4.78, 5) is 4.20. The van der Waals surface area contributed by atoms with E-state index >= 15 is 0 Å². The molecule has 0 aliphatic carbocycles.